The largest absolute Gasteiger partial charge is 0.322 e. The molecule has 11 nitrogen and oxygen atoms in total. The number of amides is 2. The first-order valence-electron chi connectivity index (χ1n) is 12.5. The molecule has 12 heteroatoms. The van der Waals surface area contributed by atoms with Crippen LogP contribution in [0, 0.1) is 24.2 Å². The van der Waals surface area contributed by atoms with E-state index < -0.39 is 5.41 Å². The van der Waals surface area contributed by atoms with Gasteiger partial charge in [-0.25, -0.2) is 9.67 Å². The van der Waals surface area contributed by atoms with Crippen LogP contribution in [-0.2, 0) is 23.9 Å². The highest BCUT2D eigenvalue weighted by molar-refractivity contribution is 6.28. The standard InChI is InChI=1S/C24H30ClN9O2/c1-4-33-19(20(35)29-17-10-27-32(3)14(17)2)18(11-28-33)30-21(36)23-6-15-5-16(7-23)9-24(8-15,12-23)34-13-26-22(25)31-34/h10-11,13,15-16H,4-9,12H2,1-3H3,(H,29,35)(H,30,36). The van der Waals surface area contributed by atoms with Crippen molar-refractivity contribution in [3.8, 4) is 0 Å². The summed E-state index contributed by atoms with van der Waals surface area (Å²) in [7, 11) is 1.82. The molecule has 4 bridgehead atoms. The van der Waals surface area contributed by atoms with E-state index in [1.807, 2.05) is 25.6 Å². The molecule has 0 aromatic carbocycles. The minimum absolute atomic E-state index is 0.0468. The summed E-state index contributed by atoms with van der Waals surface area (Å²) in [6, 6.07) is 0. The zero-order valence-corrected chi connectivity index (χ0v) is 21.4. The Hall–Kier alpha value is -3.21. The lowest BCUT2D eigenvalue weighted by Crippen LogP contribution is -2.60. The maximum Gasteiger partial charge on any atom is 0.276 e. The zero-order valence-electron chi connectivity index (χ0n) is 20.7. The smallest absolute Gasteiger partial charge is 0.276 e. The predicted octanol–water partition coefficient (Wildman–Crippen LogP) is 3.38. The van der Waals surface area contributed by atoms with Gasteiger partial charge in [0.2, 0.25) is 11.2 Å². The molecule has 2 atom stereocenters. The van der Waals surface area contributed by atoms with Crippen LogP contribution < -0.4 is 10.6 Å². The molecule has 4 aliphatic carbocycles. The molecular weight excluding hydrogens is 482 g/mol. The third-order valence-electron chi connectivity index (χ3n) is 8.55. The van der Waals surface area contributed by atoms with E-state index in [9.17, 15) is 9.59 Å². The van der Waals surface area contributed by atoms with Crippen LogP contribution in [0.3, 0.4) is 0 Å². The van der Waals surface area contributed by atoms with E-state index in [2.05, 4.69) is 30.9 Å². The Kier molecular flexibility index (Phi) is 5.26. The Labute approximate surface area is 213 Å². The van der Waals surface area contributed by atoms with Gasteiger partial charge in [-0.1, -0.05) is 0 Å². The molecule has 4 aliphatic rings. The fraction of sp³-hybridized carbons (Fsp3) is 0.583. The SMILES string of the molecule is CCn1ncc(NC(=O)C23CC4CC(C2)CC(n2cnc(Cl)n2)(C4)C3)c1C(=O)Nc1cnn(C)c1C. The van der Waals surface area contributed by atoms with E-state index in [1.54, 1.807) is 28.1 Å². The van der Waals surface area contributed by atoms with E-state index in [-0.39, 0.29) is 22.6 Å². The quantitative estimate of drug-likeness (QED) is 0.522. The molecule has 190 valence electrons. The maximum atomic E-state index is 14.0. The first-order valence-corrected chi connectivity index (χ1v) is 12.8. The van der Waals surface area contributed by atoms with Crippen molar-refractivity contribution in [2.75, 3.05) is 10.6 Å². The topological polar surface area (TPSA) is 125 Å². The number of anilines is 2. The molecule has 2 unspecified atom stereocenters. The number of aryl methyl sites for hydroxylation is 2. The number of rotatable bonds is 6. The van der Waals surface area contributed by atoms with Crippen molar-refractivity contribution in [3.05, 3.63) is 35.4 Å². The lowest BCUT2D eigenvalue weighted by molar-refractivity contribution is -0.150. The number of nitrogens with zero attached hydrogens (tertiary/aromatic N) is 7. The summed E-state index contributed by atoms with van der Waals surface area (Å²) in [5, 5.41) is 19.3. The molecule has 0 aliphatic heterocycles. The molecule has 0 spiro atoms. The summed E-state index contributed by atoms with van der Waals surface area (Å²) in [5.74, 6) is 0.527. The summed E-state index contributed by atoms with van der Waals surface area (Å²) < 4.78 is 5.20. The van der Waals surface area contributed by atoms with Crippen molar-refractivity contribution in [2.45, 2.75) is 64.5 Å². The molecule has 3 aromatic heterocycles. The van der Waals surface area contributed by atoms with Gasteiger partial charge in [-0.05, 0) is 75.8 Å². The Morgan fingerprint density at radius 3 is 2.44 bits per heavy atom. The summed E-state index contributed by atoms with van der Waals surface area (Å²) in [5.41, 5.74) is 1.45. The zero-order chi connectivity index (χ0) is 25.2. The molecular formula is C24H30ClN9O2. The van der Waals surface area contributed by atoms with Crippen LogP contribution in [0.15, 0.2) is 18.7 Å². The number of hydrogen-bond acceptors (Lipinski definition) is 6. The lowest BCUT2D eigenvalue weighted by atomic mass is 9.46. The van der Waals surface area contributed by atoms with Crippen LogP contribution in [0.1, 0.15) is 61.6 Å². The molecule has 0 radical (unpaired) electrons. The second kappa shape index (κ2) is 8.16. The van der Waals surface area contributed by atoms with Gasteiger partial charge in [0.05, 0.1) is 40.4 Å². The summed E-state index contributed by atoms with van der Waals surface area (Å²) in [6.45, 7) is 4.29. The van der Waals surface area contributed by atoms with Crippen LogP contribution in [0.5, 0.6) is 0 Å². The number of aromatic nitrogens is 7. The Morgan fingerprint density at radius 2 is 1.83 bits per heavy atom. The fourth-order valence-electron chi connectivity index (χ4n) is 7.23. The lowest BCUT2D eigenvalue weighted by Gasteiger charge is -2.60. The highest BCUT2D eigenvalue weighted by atomic mass is 35.5. The van der Waals surface area contributed by atoms with Crippen LogP contribution in [0.25, 0.3) is 0 Å². The van der Waals surface area contributed by atoms with Gasteiger partial charge in [0.1, 0.15) is 12.0 Å². The molecule has 4 fully saturated rings. The normalized spacial score (nSPS) is 28.4. The molecule has 7 rings (SSSR count). The number of halogens is 1. The monoisotopic (exact) mass is 511 g/mol. The van der Waals surface area contributed by atoms with Crippen LogP contribution in [-0.4, -0.2) is 46.1 Å². The van der Waals surface area contributed by atoms with Crippen molar-refractivity contribution in [1.29, 1.82) is 0 Å². The molecule has 3 aromatic rings. The van der Waals surface area contributed by atoms with Gasteiger partial charge in [-0.3, -0.25) is 19.0 Å². The second-order valence-electron chi connectivity index (χ2n) is 10.8. The first-order chi connectivity index (χ1) is 17.2. The average Bonchev–Trinajstić information content (AvgIpc) is 3.53. The second-order valence-corrected chi connectivity index (χ2v) is 11.2. The minimum atomic E-state index is -0.523. The summed E-state index contributed by atoms with van der Waals surface area (Å²) in [6.07, 6.45) is 10.4. The average molecular weight is 512 g/mol. The van der Waals surface area contributed by atoms with E-state index in [0.717, 1.165) is 37.8 Å². The van der Waals surface area contributed by atoms with Gasteiger partial charge in [-0.2, -0.15) is 10.2 Å². The highest BCUT2D eigenvalue weighted by Crippen LogP contribution is 2.64. The third-order valence-corrected chi connectivity index (χ3v) is 8.72. The van der Waals surface area contributed by atoms with Gasteiger partial charge < -0.3 is 10.6 Å². The van der Waals surface area contributed by atoms with Gasteiger partial charge in [0, 0.05) is 13.6 Å². The maximum absolute atomic E-state index is 14.0. The number of nitrogens with one attached hydrogen (secondary N) is 2. The van der Waals surface area contributed by atoms with E-state index >= 15 is 0 Å². The van der Waals surface area contributed by atoms with E-state index in [1.165, 1.54) is 0 Å². The van der Waals surface area contributed by atoms with Crippen LogP contribution in [0.4, 0.5) is 11.4 Å². The van der Waals surface area contributed by atoms with E-state index in [0.29, 0.717) is 41.9 Å². The van der Waals surface area contributed by atoms with E-state index in [4.69, 9.17) is 11.6 Å². The number of hydrogen-bond donors (Lipinski definition) is 2. The van der Waals surface area contributed by atoms with Crippen molar-refractivity contribution in [2.24, 2.45) is 24.3 Å². The summed E-state index contributed by atoms with van der Waals surface area (Å²) >= 11 is 6.06. The molecule has 0 saturated heterocycles. The highest BCUT2D eigenvalue weighted by Gasteiger charge is 2.61. The van der Waals surface area contributed by atoms with Gasteiger partial charge in [0.25, 0.3) is 5.91 Å². The predicted molar refractivity (Wildman–Crippen MR) is 133 cm³/mol. The minimum Gasteiger partial charge on any atom is -0.322 e. The third kappa shape index (κ3) is 3.55. The van der Waals surface area contributed by atoms with Gasteiger partial charge >= 0.3 is 0 Å². The summed E-state index contributed by atoms with van der Waals surface area (Å²) in [4.78, 5) is 31.4. The Morgan fingerprint density at radius 1 is 1.11 bits per heavy atom. The molecule has 2 N–H and O–H groups in total. The number of carbonyl (C=O) groups excluding carboxylic acids is 2. The van der Waals surface area contributed by atoms with Crippen molar-refractivity contribution < 1.29 is 9.59 Å². The molecule has 3 heterocycles. The molecule has 4 saturated carbocycles. The Bertz CT molecular complexity index is 1340. The van der Waals surface area contributed by atoms with Crippen LogP contribution >= 0.6 is 11.6 Å². The van der Waals surface area contributed by atoms with Crippen molar-refractivity contribution in [3.63, 3.8) is 0 Å². The van der Waals surface area contributed by atoms with Gasteiger partial charge in [0.15, 0.2) is 0 Å². The van der Waals surface area contributed by atoms with Crippen LogP contribution in [0.2, 0.25) is 5.28 Å². The van der Waals surface area contributed by atoms with Crippen molar-refractivity contribution >= 4 is 34.8 Å². The van der Waals surface area contributed by atoms with Crippen molar-refractivity contribution in [1.82, 2.24) is 34.3 Å². The number of carbonyl (C=O) groups is 2. The molecule has 2 amide bonds. The Balaban J connectivity index is 1.28. The van der Waals surface area contributed by atoms with Gasteiger partial charge in [-0.15, -0.1) is 5.10 Å². The fourth-order valence-corrected chi connectivity index (χ4v) is 7.36. The molecule has 36 heavy (non-hydrogen) atoms. The first kappa shape index (κ1) is 23.2.